The van der Waals surface area contributed by atoms with Crippen LogP contribution in [-0.2, 0) is 0 Å². The molecule has 0 fully saturated rings. The van der Waals surface area contributed by atoms with Crippen molar-refractivity contribution in [3.05, 3.63) is 42.1 Å². The molecule has 4 heteroatoms. The summed E-state index contributed by atoms with van der Waals surface area (Å²) in [5.41, 5.74) is 1.57. The van der Waals surface area contributed by atoms with E-state index in [1.54, 1.807) is 34.9 Å². The van der Waals surface area contributed by atoms with E-state index in [1.165, 1.54) is 0 Å². The van der Waals surface area contributed by atoms with Crippen molar-refractivity contribution in [2.24, 2.45) is 0 Å². The van der Waals surface area contributed by atoms with Crippen LogP contribution in [0.2, 0.25) is 0 Å². The van der Waals surface area contributed by atoms with Crippen molar-refractivity contribution in [3.8, 4) is 17.0 Å². The second-order valence-electron chi connectivity index (χ2n) is 4.39. The molecule has 0 saturated carbocycles. The Labute approximate surface area is 105 Å². The smallest absolute Gasteiger partial charge is 0.352 e. The van der Waals surface area contributed by atoms with Crippen molar-refractivity contribution < 1.29 is 15.0 Å². The summed E-state index contributed by atoms with van der Waals surface area (Å²) in [7, 11) is 0. The normalized spacial score (nSPS) is 10.8. The van der Waals surface area contributed by atoms with E-state index >= 15 is 0 Å². The van der Waals surface area contributed by atoms with Gasteiger partial charge >= 0.3 is 5.97 Å². The van der Waals surface area contributed by atoms with Gasteiger partial charge in [-0.3, -0.25) is 0 Å². The van der Waals surface area contributed by atoms with Crippen molar-refractivity contribution in [1.29, 1.82) is 0 Å². The molecular weight excluding hydrogens is 230 g/mol. The predicted octanol–water partition coefficient (Wildman–Crippen LogP) is 3.14. The van der Waals surface area contributed by atoms with Crippen molar-refractivity contribution in [1.82, 2.24) is 4.57 Å². The van der Waals surface area contributed by atoms with Gasteiger partial charge in [0, 0.05) is 11.6 Å². The van der Waals surface area contributed by atoms with E-state index in [4.69, 9.17) is 5.11 Å². The molecule has 2 rings (SSSR count). The molecule has 1 aromatic carbocycles. The maximum absolute atomic E-state index is 11.2. The van der Waals surface area contributed by atoms with Crippen LogP contribution in [0.15, 0.2) is 36.4 Å². The lowest BCUT2D eigenvalue weighted by atomic mass is 10.1. The lowest BCUT2D eigenvalue weighted by Crippen LogP contribution is -2.11. The number of aromatic nitrogens is 1. The molecule has 94 valence electrons. The molecule has 0 bridgehead atoms. The Bertz CT molecular complexity index is 584. The highest BCUT2D eigenvalue weighted by molar-refractivity contribution is 5.88. The predicted molar refractivity (Wildman–Crippen MR) is 68.9 cm³/mol. The van der Waals surface area contributed by atoms with Gasteiger partial charge in [0.05, 0.1) is 5.69 Å². The van der Waals surface area contributed by atoms with Gasteiger partial charge in [-0.05, 0) is 38.1 Å². The first-order valence-corrected chi connectivity index (χ1v) is 5.75. The van der Waals surface area contributed by atoms with E-state index in [9.17, 15) is 9.90 Å². The van der Waals surface area contributed by atoms with Gasteiger partial charge in [0.1, 0.15) is 11.4 Å². The topological polar surface area (TPSA) is 62.5 Å². The van der Waals surface area contributed by atoms with Crippen LogP contribution in [0.4, 0.5) is 0 Å². The number of nitrogens with zero attached hydrogens (tertiary/aromatic N) is 1. The Kier molecular flexibility index (Phi) is 3.10. The molecule has 2 aromatic rings. The summed E-state index contributed by atoms with van der Waals surface area (Å²) in [6.45, 7) is 3.83. The third-order valence-electron chi connectivity index (χ3n) is 2.83. The molecule has 1 aromatic heterocycles. The van der Waals surface area contributed by atoms with Crippen molar-refractivity contribution in [2.75, 3.05) is 0 Å². The summed E-state index contributed by atoms with van der Waals surface area (Å²) in [4.78, 5) is 11.2. The Morgan fingerprint density at radius 3 is 2.39 bits per heavy atom. The highest BCUT2D eigenvalue weighted by Crippen LogP contribution is 2.32. The number of phenolic OH excluding ortho intramolecular Hbond substituents is 1. The Morgan fingerprint density at radius 2 is 1.83 bits per heavy atom. The average Bonchev–Trinajstić information content (AvgIpc) is 2.74. The molecule has 0 spiro atoms. The van der Waals surface area contributed by atoms with Gasteiger partial charge in [-0.2, -0.15) is 0 Å². The largest absolute Gasteiger partial charge is 0.507 e. The van der Waals surface area contributed by atoms with E-state index < -0.39 is 5.97 Å². The molecule has 18 heavy (non-hydrogen) atoms. The molecule has 0 unspecified atom stereocenters. The SMILES string of the molecule is CC(C)n1c(C(=O)O)ccc1-c1ccccc1O. The second kappa shape index (κ2) is 4.56. The fourth-order valence-corrected chi connectivity index (χ4v) is 2.09. The molecule has 4 nitrogen and oxygen atoms in total. The first-order valence-electron chi connectivity index (χ1n) is 5.75. The Hall–Kier alpha value is -2.23. The first kappa shape index (κ1) is 12.2. The fraction of sp³-hybridized carbons (Fsp3) is 0.214. The zero-order valence-corrected chi connectivity index (χ0v) is 10.3. The van der Waals surface area contributed by atoms with Gasteiger partial charge in [0.25, 0.3) is 0 Å². The van der Waals surface area contributed by atoms with Crippen LogP contribution in [0, 0.1) is 0 Å². The number of carboxylic acid groups (broad SMARTS) is 1. The van der Waals surface area contributed by atoms with E-state index in [-0.39, 0.29) is 17.5 Å². The van der Waals surface area contributed by atoms with Crippen molar-refractivity contribution >= 4 is 5.97 Å². The zero-order chi connectivity index (χ0) is 13.3. The van der Waals surface area contributed by atoms with Crippen LogP contribution in [0.25, 0.3) is 11.3 Å². The highest BCUT2D eigenvalue weighted by atomic mass is 16.4. The first-order chi connectivity index (χ1) is 8.52. The molecule has 0 amide bonds. The van der Waals surface area contributed by atoms with E-state index in [0.717, 1.165) is 0 Å². The van der Waals surface area contributed by atoms with Crippen molar-refractivity contribution in [2.45, 2.75) is 19.9 Å². The van der Waals surface area contributed by atoms with Crippen LogP contribution < -0.4 is 0 Å². The summed E-state index contributed by atoms with van der Waals surface area (Å²) in [6, 6.07) is 10.2. The number of rotatable bonds is 3. The maximum atomic E-state index is 11.2. The van der Waals surface area contributed by atoms with Gasteiger partial charge in [-0.1, -0.05) is 12.1 Å². The molecule has 2 N–H and O–H groups in total. The van der Waals surface area contributed by atoms with Gasteiger partial charge in [0.2, 0.25) is 0 Å². The molecular formula is C14H15NO3. The fourth-order valence-electron chi connectivity index (χ4n) is 2.09. The third kappa shape index (κ3) is 1.97. The lowest BCUT2D eigenvalue weighted by Gasteiger charge is -2.16. The number of phenols is 1. The summed E-state index contributed by atoms with van der Waals surface area (Å²) in [6.07, 6.45) is 0. The number of benzene rings is 1. The van der Waals surface area contributed by atoms with E-state index in [1.807, 2.05) is 19.9 Å². The van der Waals surface area contributed by atoms with Crippen LogP contribution in [0.5, 0.6) is 5.75 Å². The van der Waals surface area contributed by atoms with Gasteiger partial charge in [0.15, 0.2) is 0 Å². The number of carbonyl (C=O) groups is 1. The number of hydrogen-bond donors (Lipinski definition) is 2. The summed E-state index contributed by atoms with van der Waals surface area (Å²) < 4.78 is 1.71. The van der Waals surface area contributed by atoms with E-state index in [2.05, 4.69) is 0 Å². The molecule has 0 aliphatic carbocycles. The third-order valence-corrected chi connectivity index (χ3v) is 2.83. The number of carboxylic acids is 1. The molecule has 0 aliphatic heterocycles. The number of aromatic hydroxyl groups is 1. The van der Waals surface area contributed by atoms with Gasteiger partial charge in [-0.15, -0.1) is 0 Å². The van der Waals surface area contributed by atoms with Crippen LogP contribution in [-0.4, -0.2) is 20.7 Å². The van der Waals surface area contributed by atoms with Gasteiger partial charge in [-0.25, -0.2) is 4.79 Å². The molecule has 0 radical (unpaired) electrons. The molecule has 0 aliphatic rings. The number of aromatic carboxylic acids is 1. The molecule has 0 saturated heterocycles. The van der Waals surface area contributed by atoms with Crippen molar-refractivity contribution in [3.63, 3.8) is 0 Å². The molecule has 1 heterocycles. The van der Waals surface area contributed by atoms with Crippen LogP contribution in [0.1, 0.15) is 30.4 Å². The minimum Gasteiger partial charge on any atom is -0.507 e. The minimum absolute atomic E-state index is 0.000654. The minimum atomic E-state index is -0.967. The summed E-state index contributed by atoms with van der Waals surface area (Å²) in [5.74, 6) is -0.820. The Balaban J connectivity index is 2.66. The standard InChI is InChI=1S/C14H15NO3/c1-9(2)15-11(7-8-12(15)14(17)18)10-5-3-4-6-13(10)16/h3-9,16H,1-2H3,(H,17,18). The van der Waals surface area contributed by atoms with Crippen LogP contribution >= 0.6 is 0 Å². The Morgan fingerprint density at radius 1 is 1.17 bits per heavy atom. The molecule has 0 atom stereocenters. The van der Waals surface area contributed by atoms with Crippen LogP contribution in [0.3, 0.4) is 0 Å². The van der Waals surface area contributed by atoms with Gasteiger partial charge < -0.3 is 14.8 Å². The average molecular weight is 245 g/mol. The monoisotopic (exact) mass is 245 g/mol. The maximum Gasteiger partial charge on any atom is 0.352 e. The summed E-state index contributed by atoms with van der Waals surface area (Å²) >= 11 is 0. The number of para-hydroxylation sites is 1. The summed E-state index contributed by atoms with van der Waals surface area (Å²) in [5, 5.41) is 19.0. The lowest BCUT2D eigenvalue weighted by molar-refractivity contribution is 0.0683. The highest BCUT2D eigenvalue weighted by Gasteiger charge is 2.18. The van der Waals surface area contributed by atoms with E-state index in [0.29, 0.717) is 11.3 Å². The zero-order valence-electron chi connectivity index (χ0n) is 10.3. The number of hydrogen-bond acceptors (Lipinski definition) is 2. The second-order valence-corrected chi connectivity index (χ2v) is 4.39. The quantitative estimate of drug-likeness (QED) is 0.873.